The van der Waals surface area contributed by atoms with Gasteiger partial charge in [-0.1, -0.05) is 57.2 Å². The predicted octanol–water partition coefficient (Wildman–Crippen LogP) is 5.46. The van der Waals surface area contributed by atoms with E-state index >= 15 is 0 Å². The lowest BCUT2D eigenvalue weighted by molar-refractivity contribution is 0.559. The highest BCUT2D eigenvalue weighted by molar-refractivity contribution is 5.79. The Morgan fingerprint density at radius 3 is 2.35 bits per heavy atom. The second kappa shape index (κ2) is 6.30. The van der Waals surface area contributed by atoms with E-state index in [1.807, 2.05) is 59.3 Å². The van der Waals surface area contributed by atoms with Gasteiger partial charge in [0.25, 0.3) is 0 Å². The molecule has 4 aromatic rings. The fraction of sp³-hybridized carbons (Fsp3) is 0.182. The van der Waals surface area contributed by atoms with E-state index < -0.39 is 0 Å². The van der Waals surface area contributed by atoms with Gasteiger partial charge >= 0.3 is 0 Å². The summed E-state index contributed by atoms with van der Waals surface area (Å²) in [6.45, 7) is 6.50. The molecule has 0 aliphatic carbocycles. The minimum absolute atomic E-state index is 0.0464. The van der Waals surface area contributed by atoms with Crippen molar-refractivity contribution in [3.8, 4) is 5.82 Å². The highest BCUT2D eigenvalue weighted by atomic mass is 15.4. The molecule has 2 heterocycles. The van der Waals surface area contributed by atoms with Crippen LogP contribution in [0.15, 0.2) is 72.8 Å². The molecule has 0 aliphatic rings. The van der Waals surface area contributed by atoms with Crippen LogP contribution in [0.2, 0.25) is 0 Å². The highest BCUT2D eigenvalue weighted by Gasteiger charge is 2.21. The molecule has 4 rings (SSSR count). The Kier molecular flexibility index (Phi) is 3.96. The molecule has 2 aromatic carbocycles. The molecule has 0 aliphatic heterocycles. The average Bonchev–Trinajstić information content (AvgIpc) is 3.06. The van der Waals surface area contributed by atoms with Crippen LogP contribution < -0.4 is 5.32 Å². The van der Waals surface area contributed by atoms with Crippen LogP contribution in [-0.2, 0) is 5.41 Å². The van der Waals surface area contributed by atoms with E-state index in [-0.39, 0.29) is 5.41 Å². The van der Waals surface area contributed by atoms with E-state index in [9.17, 15) is 0 Å². The summed E-state index contributed by atoms with van der Waals surface area (Å²) in [5, 5.41) is 9.44. The first-order chi connectivity index (χ1) is 12.5. The van der Waals surface area contributed by atoms with Gasteiger partial charge in [-0.05, 0) is 30.3 Å². The molecule has 0 saturated heterocycles. The first-order valence-corrected chi connectivity index (χ1v) is 8.79. The van der Waals surface area contributed by atoms with Crippen molar-refractivity contribution in [1.29, 1.82) is 0 Å². The number of nitrogens with zero attached hydrogens (tertiary/aromatic N) is 3. The monoisotopic (exact) mass is 342 g/mol. The van der Waals surface area contributed by atoms with Crippen molar-refractivity contribution >= 4 is 22.4 Å². The largest absolute Gasteiger partial charge is 0.340 e. The number of para-hydroxylation sites is 2. The summed E-state index contributed by atoms with van der Waals surface area (Å²) in [6, 6.07) is 24.5. The molecular weight excluding hydrogens is 320 g/mol. The lowest BCUT2D eigenvalue weighted by Crippen LogP contribution is -2.13. The molecule has 0 unspecified atom stereocenters. The maximum Gasteiger partial charge on any atom is 0.156 e. The van der Waals surface area contributed by atoms with Crippen molar-refractivity contribution < 1.29 is 0 Å². The van der Waals surface area contributed by atoms with Gasteiger partial charge in [0.1, 0.15) is 5.82 Å². The molecule has 4 heteroatoms. The maximum atomic E-state index is 4.85. The molecule has 0 amide bonds. The molecule has 0 atom stereocenters. The number of nitrogens with one attached hydrogen (secondary N) is 1. The van der Waals surface area contributed by atoms with Crippen LogP contribution in [-0.4, -0.2) is 14.8 Å². The smallest absolute Gasteiger partial charge is 0.156 e. The lowest BCUT2D eigenvalue weighted by atomic mass is 9.92. The topological polar surface area (TPSA) is 42.7 Å². The number of hydrogen-bond acceptors (Lipinski definition) is 3. The number of benzene rings is 2. The molecule has 4 nitrogen and oxygen atoms in total. The van der Waals surface area contributed by atoms with Gasteiger partial charge in [0.2, 0.25) is 0 Å². The van der Waals surface area contributed by atoms with Crippen molar-refractivity contribution in [3.63, 3.8) is 0 Å². The van der Waals surface area contributed by atoms with Crippen LogP contribution in [0.4, 0.5) is 11.5 Å². The second-order valence-corrected chi connectivity index (χ2v) is 7.43. The first-order valence-electron chi connectivity index (χ1n) is 8.79. The fourth-order valence-electron chi connectivity index (χ4n) is 2.85. The first kappa shape index (κ1) is 16.3. The summed E-state index contributed by atoms with van der Waals surface area (Å²) < 4.78 is 1.89. The third-order valence-corrected chi connectivity index (χ3v) is 4.32. The quantitative estimate of drug-likeness (QED) is 0.537. The minimum Gasteiger partial charge on any atom is -0.340 e. The van der Waals surface area contributed by atoms with Crippen LogP contribution in [0, 0.1) is 0 Å². The molecule has 130 valence electrons. The fourth-order valence-corrected chi connectivity index (χ4v) is 2.85. The lowest BCUT2D eigenvalue weighted by Gasteiger charge is -2.14. The van der Waals surface area contributed by atoms with E-state index in [4.69, 9.17) is 10.1 Å². The SMILES string of the molecule is CC(C)(C)c1cc(Nc2ccccc2)n(-c2ccc3ccccc3n2)n1. The normalized spacial score (nSPS) is 11.7. The van der Waals surface area contributed by atoms with Gasteiger partial charge in [-0.3, -0.25) is 0 Å². The van der Waals surface area contributed by atoms with Crippen LogP contribution in [0.3, 0.4) is 0 Å². The summed E-state index contributed by atoms with van der Waals surface area (Å²) in [6.07, 6.45) is 0. The van der Waals surface area contributed by atoms with Gasteiger partial charge in [0.15, 0.2) is 5.82 Å². The van der Waals surface area contributed by atoms with E-state index in [0.29, 0.717) is 0 Å². The number of aromatic nitrogens is 3. The summed E-state index contributed by atoms with van der Waals surface area (Å²) >= 11 is 0. The molecule has 0 saturated carbocycles. The summed E-state index contributed by atoms with van der Waals surface area (Å²) in [4.78, 5) is 4.80. The second-order valence-electron chi connectivity index (χ2n) is 7.43. The van der Waals surface area contributed by atoms with Gasteiger partial charge in [-0.15, -0.1) is 0 Å². The van der Waals surface area contributed by atoms with E-state index in [2.05, 4.69) is 44.3 Å². The molecular formula is C22H22N4. The predicted molar refractivity (Wildman–Crippen MR) is 107 cm³/mol. The highest BCUT2D eigenvalue weighted by Crippen LogP contribution is 2.28. The van der Waals surface area contributed by atoms with E-state index in [1.54, 1.807) is 0 Å². The maximum absolute atomic E-state index is 4.85. The molecule has 0 fully saturated rings. The number of pyridine rings is 1. The molecule has 0 radical (unpaired) electrons. The molecule has 1 N–H and O–H groups in total. The Labute approximate surface area is 153 Å². The van der Waals surface area contributed by atoms with Crippen molar-refractivity contribution in [2.45, 2.75) is 26.2 Å². The average molecular weight is 342 g/mol. The molecule has 0 bridgehead atoms. The molecule has 2 aromatic heterocycles. The summed E-state index contributed by atoms with van der Waals surface area (Å²) in [5.41, 5.74) is 2.96. The molecule has 0 spiro atoms. The van der Waals surface area contributed by atoms with Gasteiger partial charge in [0, 0.05) is 22.6 Å². The number of rotatable bonds is 3. The Balaban J connectivity index is 1.83. The van der Waals surface area contributed by atoms with Crippen molar-refractivity contribution in [3.05, 3.63) is 78.5 Å². The van der Waals surface area contributed by atoms with Crippen molar-refractivity contribution in [2.75, 3.05) is 5.32 Å². The third-order valence-electron chi connectivity index (χ3n) is 4.32. The zero-order valence-electron chi connectivity index (χ0n) is 15.3. The van der Waals surface area contributed by atoms with Gasteiger partial charge in [-0.2, -0.15) is 9.78 Å². The van der Waals surface area contributed by atoms with Crippen LogP contribution >= 0.6 is 0 Å². The Bertz CT molecular complexity index is 1040. The van der Waals surface area contributed by atoms with Crippen molar-refractivity contribution in [2.24, 2.45) is 0 Å². The Morgan fingerprint density at radius 2 is 1.58 bits per heavy atom. The number of hydrogen-bond donors (Lipinski definition) is 1. The van der Waals surface area contributed by atoms with Gasteiger partial charge < -0.3 is 5.32 Å². The number of fused-ring (bicyclic) bond motifs is 1. The van der Waals surface area contributed by atoms with Crippen molar-refractivity contribution in [1.82, 2.24) is 14.8 Å². The summed E-state index contributed by atoms with van der Waals surface area (Å²) in [7, 11) is 0. The standard InChI is InChI=1S/C22H22N4/c1-22(2,3)19-15-21(23-17-10-5-4-6-11-17)26(25-19)20-14-13-16-9-7-8-12-18(16)24-20/h4-15,23H,1-3H3. The van der Waals surface area contributed by atoms with E-state index in [0.717, 1.165) is 33.9 Å². The van der Waals surface area contributed by atoms with Crippen LogP contribution in [0.1, 0.15) is 26.5 Å². The number of anilines is 2. The van der Waals surface area contributed by atoms with Crippen LogP contribution in [0.25, 0.3) is 16.7 Å². The van der Waals surface area contributed by atoms with E-state index in [1.165, 1.54) is 0 Å². The van der Waals surface area contributed by atoms with Gasteiger partial charge in [0.05, 0.1) is 11.2 Å². The zero-order valence-corrected chi connectivity index (χ0v) is 15.3. The zero-order chi connectivity index (χ0) is 18.1. The van der Waals surface area contributed by atoms with Crippen LogP contribution in [0.5, 0.6) is 0 Å². The minimum atomic E-state index is -0.0464. The van der Waals surface area contributed by atoms with Gasteiger partial charge in [-0.25, -0.2) is 4.98 Å². The Morgan fingerprint density at radius 1 is 0.846 bits per heavy atom. The third kappa shape index (κ3) is 3.18. The molecule has 26 heavy (non-hydrogen) atoms. The Hall–Kier alpha value is -3.14. The summed E-state index contributed by atoms with van der Waals surface area (Å²) in [5.74, 6) is 1.71.